The second-order valence-electron chi connectivity index (χ2n) is 6.55. The van der Waals surface area contributed by atoms with Gasteiger partial charge in [0.05, 0.1) is 39.7 Å². The lowest BCUT2D eigenvalue weighted by molar-refractivity contribution is 0.0341. The minimum absolute atomic E-state index is 0. The van der Waals surface area contributed by atoms with E-state index in [0.29, 0.717) is 29.7 Å². The molecule has 7 nitrogen and oxygen atoms in total. The van der Waals surface area contributed by atoms with Gasteiger partial charge < -0.3 is 25.3 Å². The summed E-state index contributed by atoms with van der Waals surface area (Å²) in [5.41, 5.74) is 9.26. The second-order valence-corrected chi connectivity index (χ2v) is 6.55. The van der Waals surface area contributed by atoms with Gasteiger partial charge in [0, 0.05) is 25.7 Å². The number of benzene rings is 2. The van der Waals surface area contributed by atoms with E-state index in [4.69, 9.17) is 19.9 Å². The first-order chi connectivity index (χ1) is 13.7. The minimum atomic E-state index is 0. The highest BCUT2D eigenvalue weighted by Gasteiger charge is 2.12. The van der Waals surface area contributed by atoms with E-state index in [1.165, 1.54) is 5.56 Å². The van der Waals surface area contributed by atoms with Crippen molar-refractivity contribution in [3.8, 4) is 11.5 Å². The molecule has 1 saturated heterocycles. The van der Waals surface area contributed by atoms with Gasteiger partial charge in [-0.15, -0.1) is 24.0 Å². The average molecular weight is 512 g/mol. The fraction of sp³-hybridized carbons (Fsp3) is 0.381. The van der Waals surface area contributed by atoms with E-state index in [0.717, 1.165) is 38.4 Å². The molecular weight excluding hydrogens is 483 g/mol. The van der Waals surface area contributed by atoms with Crippen LogP contribution in [0, 0.1) is 0 Å². The van der Waals surface area contributed by atoms with E-state index in [1.807, 2.05) is 24.3 Å². The topological polar surface area (TPSA) is 81.3 Å². The van der Waals surface area contributed by atoms with Gasteiger partial charge in [0.1, 0.15) is 11.5 Å². The van der Waals surface area contributed by atoms with Crippen molar-refractivity contribution in [1.29, 1.82) is 0 Å². The van der Waals surface area contributed by atoms with Gasteiger partial charge in [-0.25, -0.2) is 4.99 Å². The van der Waals surface area contributed by atoms with Crippen LogP contribution in [0.5, 0.6) is 11.5 Å². The largest absolute Gasteiger partial charge is 0.497 e. The lowest BCUT2D eigenvalue weighted by atomic mass is 10.1. The molecule has 8 heteroatoms. The summed E-state index contributed by atoms with van der Waals surface area (Å²) in [6, 6.07) is 13.8. The quantitative estimate of drug-likeness (QED) is 0.337. The van der Waals surface area contributed by atoms with E-state index in [-0.39, 0.29) is 24.0 Å². The molecule has 0 amide bonds. The third-order valence-corrected chi connectivity index (χ3v) is 4.71. The molecule has 0 atom stereocenters. The zero-order valence-electron chi connectivity index (χ0n) is 16.9. The maximum Gasteiger partial charge on any atom is 0.193 e. The van der Waals surface area contributed by atoms with Crippen molar-refractivity contribution in [2.24, 2.45) is 10.7 Å². The fourth-order valence-electron chi connectivity index (χ4n) is 3.13. The Bertz CT molecular complexity index is 810. The lowest BCUT2D eigenvalue weighted by Gasteiger charge is -2.27. The van der Waals surface area contributed by atoms with E-state index in [2.05, 4.69) is 33.4 Å². The third kappa shape index (κ3) is 6.76. The van der Waals surface area contributed by atoms with Crippen LogP contribution in [0.1, 0.15) is 11.1 Å². The summed E-state index contributed by atoms with van der Waals surface area (Å²) in [7, 11) is 3.23. The maximum atomic E-state index is 6.12. The lowest BCUT2D eigenvalue weighted by Crippen LogP contribution is -2.35. The molecular formula is C21H29IN4O3. The molecule has 3 N–H and O–H groups in total. The average Bonchev–Trinajstić information content (AvgIpc) is 2.74. The summed E-state index contributed by atoms with van der Waals surface area (Å²) >= 11 is 0. The first-order valence-corrected chi connectivity index (χ1v) is 9.35. The number of nitrogens with zero attached hydrogens (tertiary/aromatic N) is 2. The van der Waals surface area contributed by atoms with Gasteiger partial charge in [0.15, 0.2) is 5.96 Å². The van der Waals surface area contributed by atoms with Crippen LogP contribution in [0.4, 0.5) is 5.69 Å². The second kappa shape index (κ2) is 11.8. The van der Waals surface area contributed by atoms with E-state index in [1.54, 1.807) is 14.2 Å². The first kappa shape index (κ1) is 23.2. The molecule has 29 heavy (non-hydrogen) atoms. The van der Waals surface area contributed by atoms with Crippen LogP contribution >= 0.6 is 24.0 Å². The Balaban J connectivity index is 0.00000300. The van der Waals surface area contributed by atoms with Gasteiger partial charge in [-0.2, -0.15) is 0 Å². The van der Waals surface area contributed by atoms with Gasteiger partial charge >= 0.3 is 0 Å². The first-order valence-electron chi connectivity index (χ1n) is 9.35. The number of guanidine groups is 1. The molecule has 0 saturated carbocycles. The standard InChI is InChI=1S/C21H28N4O3.HI/c1-26-18-7-8-20(27-2)19(13-18)24-21(22)23-14-16-5-3-4-6-17(16)15-25-9-11-28-12-10-25;/h3-8,13H,9-12,14-15H2,1-2H3,(H3,22,23,24);1H. The van der Waals surface area contributed by atoms with Crippen LogP contribution < -0.4 is 20.5 Å². The number of rotatable bonds is 7. The van der Waals surface area contributed by atoms with Crippen molar-refractivity contribution >= 4 is 35.6 Å². The highest BCUT2D eigenvalue weighted by atomic mass is 127. The number of ether oxygens (including phenoxy) is 3. The summed E-state index contributed by atoms with van der Waals surface area (Å²) in [6.45, 7) is 4.89. The maximum absolute atomic E-state index is 6.12. The molecule has 0 radical (unpaired) electrons. The summed E-state index contributed by atoms with van der Waals surface area (Å²) in [5.74, 6) is 1.71. The number of methoxy groups -OCH3 is 2. The van der Waals surface area contributed by atoms with Crippen LogP contribution in [0.2, 0.25) is 0 Å². The Morgan fingerprint density at radius 1 is 1.10 bits per heavy atom. The summed E-state index contributed by atoms with van der Waals surface area (Å²) in [5, 5.41) is 3.10. The zero-order valence-corrected chi connectivity index (χ0v) is 19.2. The van der Waals surface area contributed by atoms with E-state index in [9.17, 15) is 0 Å². The van der Waals surface area contributed by atoms with Crippen molar-refractivity contribution in [3.63, 3.8) is 0 Å². The number of hydrogen-bond acceptors (Lipinski definition) is 5. The molecule has 0 unspecified atom stereocenters. The minimum Gasteiger partial charge on any atom is -0.497 e. The van der Waals surface area contributed by atoms with Crippen LogP contribution in [0.25, 0.3) is 0 Å². The number of anilines is 1. The Morgan fingerprint density at radius 2 is 1.83 bits per heavy atom. The molecule has 0 aromatic heterocycles. The predicted octanol–water partition coefficient (Wildman–Crippen LogP) is 3.08. The van der Waals surface area contributed by atoms with Crippen molar-refractivity contribution in [2.75, 3.05) is 45.8 Å². The smallest absolute Gasteiger partial charge is 0.193 e. The van der Waals surface area contributed by atoms with Crippen molar-refractivity contribution < 1.29 is 14.2 Å². The Labute approximate surface area is 189 Å². The SMILES string of the molecule is COc1ccc(OC)c(NC(N)=NCc2ccccc2CN2CCOCC2)c1.I. The molecule has 1 fully saturated rings. The molecule has 3 rings (SSSR count). The molecule has 1 aliphatic heterocycles. The highest BCUT2D eigenvalue weighted by molar-refractivity contribution is 14.0. The molecule has 0 aliphatic carbocycles. The predicted molar refractivity (Wildman–Crippen MR) is 126 cm³/mol. The summed E-state index contributed by atoms with van der Waals surface area (Å²) in [6.07, 6.45) is 0. The van der Waals surface area contributed by atoms with Crippen LogP contribution in [-0.2, 0) is 17.8 Å². The van der Waals surface area contributed by atoms with Crippen LogP contribution in [-0.4, -0.2) is 51.4 Å². The molecule has 2 aromatic rings. The van der Waals surface area contributed by atoms with Crippen molar-refractivity contribution in [2.45, 2.75) is 13.1 Å². The molecule has 2 aromatic carbocycles. The number of morpholine rings is 1. The summed E-state index contributed by atoms with van der Waals surface area (Å²) < 4.78 is 16.1. The van der Waals surface area contributed by atoms with E-state index < -0.39 is 0 Å². The third-order valence-electron chi connectivity index (χ3n) is 4.71. The van der Waals surface area contributed by atoms with Gasteiger partial charge in [-0.3, -0.25) is 4.90 Å². The zero-order chi connectivity index (χ0) is 19.8. The molecule has 0 spiro atoms. The molecule has 158 valence electrons. The van der Waals surface area contributed by atoms with Gasteiger partial charge in [0.25, 0.3) is 0 Å². The van der Waals surface area contributed by atoms with Crippen molar-refractivity contribution in [1.82, 2.24) is 4.90 Å². The van der Waals surface area contributed by atoms with Crippen molar-refractivity contribution in [3.05, 3.63) is 53.6 Å². The monoisotopic (exact) mass is 512 g/mol. The number of hydrogen-bond donors (Lipinski definition) is 2. The molecule has 0 bridgehead atoms. The number of halogens is 1. The molecule has 1 heterocycles. The normalized spacial score (nSPS) is 14.8. The van der Waals surface area contributed by atoms with Gasteiger partial charge in [-0.1, -0.05) is 24.3 Å². The highest BCUT2D eigenvalue weighted by Crippen LogP contribution is 2.28. The number of nitrogens with two attached hydrogens (primary N) is 1. The van der Waals surface area contributed by atoms with Crippen LogP contribution in [0.3, 0.4) is 0 Å². The summed E-state index contributed by atoms with van der Waals surface area (Å²) in [4.78, 5) is 6.92. The van der Waals surface area contributed by atoms with Gasteiger partial charge in [0.2, 0.25) is 0 Å². The Hall–Kier alpha value is -2.04. The van der Waals surface area contributed by atoms with E-state index >= 15 is 0 Å². The fourth-order valence-corrected chi connectivity index (χ4v) is 3.13. The van der Waals surface area contributed by atoms with Crippen LogP contribution in [0.15, 0.2) is 47.5 Å². The molecule has 1 aliphatic rings. The number of aliphatic imine (C=N–C) groups is 1. The Morgan fingerprint density at radius 3 is 2.52 bits per heavy atom. The van der Waals surface area contributed by atoms with Gasteiger partial charge in [-0.05, 0) is 23.3 Å². The Kier molecular flexibility index (Phi) is 9.49. The number of nitrogens with one attached hydrogen (secondary N) is 1.